The summed E-state index contributed by atoms with van der Waals surface area (Å²) in [6.07, 6.45) is 0.960. The van der Waals surface area contributed by atoms with Crippen LogP contribution in [-0.4, -0.2) is 0 Å². The van der Waals surface area contributed by atoms with Crippen molar-refractivity contribution in [1.82, 2.24) is 0 Å². The summed E-state index contributed by atoms with van der Waals surface area (Å²) in [6.45, 7) is 2.60. The second kappa shape index (κ2) is 5.91. The van der Waals surface area contributed by atoms with Crippen molar-refractivity contribution in [1.29, 1.82) is 0 Å². The van der Waals surface area contributed by atoms with E-state index in [1.54, 1.807) is 0 Å². The lowest BCUT2D eigenvalue weighted by Crippen LogP contribution is -2.02. The van der Waals surface area contributed by atoms with Gasteiger partial charge in [-0.15, -0.1) is 0 Å². The summed E-state index contributed by atoms with van der Waals surface area (Å²) >= 11 is 3.50. The molecule has 0 radical (unpaired) electrons. The molecule has 0 saturated carbocycles. The van der Waals surface area contributed by atoms with Crippen LogP contribution >= 0.6 is 15.9 Å². The van der Waals surface area contributed by atoms with Gasteiger partial charge in [0.1, 0.15) is 12.4 Å². The number of anilines is 1. The van der Waals surface area contributed by atoms with Gasteiger partial charge in [-0.05, 0) is 30.2 Å². The van der Waals surface area contributed by atoms with Crippen molar-refractivity contribution in [2.45, 2.75) is 20.0 Å². The van der Waals surface area contributed by atoms with Crippen LogP contribution in [0.1, 0.15) is 18.1 Å². The van der Waals surface area contributed by atoms with Crippen molar-refractivity contribution in [3.63, 3.8) is 0 Å². The minimum Gasteiger partial charge on any atom is -0.489 e. The normalized spacial score (nSPS) is 10.3. The predicted octanol–water partition coefficient (Wildman–Crippen LogP) is 4.17. The first-order chi connectivity index (χ1) is 8.72. The minimum atomic E-state index is 0.476. The first-order valence-corrected chi connectivity index (χ1v) is 6.75. The molecule has 0 amide bonds. The molecule has 94 valence electrons. The highest BCUT2D eigenvalue weighted by Gasteiger charge is 2.06. The number of aryl methyl sites for hydroxylation is 1. The molecule has 0 unspecified atom stereocenters. The van der Waals surface area contributed by atoms with E-state index >= 15 is 0 Å². The Morgan fingerprint density at radius 1 is 1.11 bits per heavy atom. The third kappa shape index (κ3) is 2.85. The SMILES string of the molecule is CCc1ccccc1OCc1c(N)cccc1Br. The number of hydrogen-bond donors (Lipinski definition) is 1. The average molecular weight is 306 g/mol. The van der Waals surface area contributed by atoms with E-state index in [9.17, 15) is 0 Å². The molecule has 0 spiro atoms. The zero-order valence-electron chi connectivity index (χ0n) is 10.3. The molecule has 0 bridgehead atoms. The molecule has 0 aromatic heterocycles. The maximum atomic E-state index is 5.95. The van der Waals surface area contributed by atoms with Gasteiger partial charge in [-0.3, -0.25) is 0 Å². The molecular formula is C15H16BrNO. The Labute approximate surface area is 116 Å². The molecular weight excluding hydrogens is 290 g/mol. The topological polar surface area (TPSA) is 35.2 Å². The predicted molar refractivity (Wildman–Crippen MR) is 78.7 cm³/mol. The van der Waals surface area contributed by atoms with Crippen molar-refractivity contribution in [3.05, 3.63) is 58.1 Å². The number of nitrogen functional groups attached to an aromatic ring is 1. The molecule has 0 fully saturated rings. The van der Waals surface area contributed by atoms with Crippen molar-refractivity contribution < 1.29 is 4.74 Å². The minimum absolute atomic E-state index is 0.476. The van der Waals surface area contributed by atoms with Gasteiger partial charge in [0, 0.05) is 15.7 Å². The lowest BCUT2D eigenvalue weighted by molar-refractivity contribution is 0.303. The molecule has 18 heavy (non-hydrogen) atoms. The number of nitrogens with two attached hydrogens (primary N) is 1. The van der Waals surface area contributed by atoms with Gasteiger partial charge in [0.15, 0.2) is 0 Å². The highest BCUT2D eigenvalue weighted by molar-refractivity contribution is 9.10. The van der Waals surface area contributed by atoms with E-state index in [1.807, 2.05) is 36.4 Å². The molecule has 2 nitrogen and oxygen atoms in total. The standard InChI is InChI=1S/C15H16BrNO/c1-2-11-6-3-4-9-15(11)18-10-12-13(16)7-5-8-14(12)17/h3-9H,2,10,17H2,1H3. The van der Waals surface area contributed by atoms with Crippen LogP contribution in [0, 0.1) is 0 Å². The van der Waals surface area contributed by atoms with Crippen LogP contribution in [0.5, 0.6) is 5.75 Å². The Morgan fingerprint density at radius 2 is 1.89 bits per heavy atom. The quantitative estimate of drug-likeness (QED) is 0.860. The van der Waals surface area contributed by atoms with Crippen LogP contribution in [0.2, 0.25) is 0 Å². The van der Waals surface area contributed by atoms with Gasteiger partial charge in [-0.25, -0.2) is 0 Å². The Balaban J connectivity index is 2.16. The van der Waals surface area contributed by atoms with E-state index in [0.29, 0.717) is 6.61 Å². The maximum Gasteiger partial charge on any atom is 0.122 e. The van der Waals surface area contributed by atoms with Gasteiger partial charge in [0.2, 0.25) is 0 Å². The lowest BCUT2D eigenvalue weighted by Gasteiger charge is -2.12. The van der Waals surface area contributed by atoms with E-state index in [-0.39, 0.29) is 0 Å². The zero-order chi connectivity index (χ0) is 13.0. The Kier molecular flexibility index (Phi) is 4.26. The molecule has 0 aliphatic rings. The lowest BCUT2D eigenvalue weighted by atomic mass is 10.1. The van der Waals surface area contributed by atoms with Gasteiger partial charge in [0.05, 0.1) is 0 Å². The van der Waals surface area contributed by atoms with E-state index in [0.717, 1.165) is 27.9 Å². The summed E-state index contributed by atoms with van der Waals surface area (Å²) < 4.78 is 6.85. The van der Waals surface area contributed by atoms with Gasteiger partial charge >= 0.3 is 0 Å². The summed E-state index contributed by atoms with van der Waals surface area (Å²) in [5.41, 5.74) is 8.90. The molecule has 0 atom stereocenters. The summed E-state index contributed by atoms with van der Waals surface area (Å²) in [7, 11) is 0. The van der Waals surface area contributed by atoms with E-state index in [2.05, 4.69) is 28.9 Å². The van der Waals surface area contributed by atoms with Crippen LogP contribution in [0.4, 0.5) is 5.69 Å². The third-order valence-corrected chi connectivity index (χ3v) is 3.62. The highest BCUT2D eigenvalue weighted by atomic mass is 79.9. The highest BCUT2D eigenvalue weighted by Crippen LogP contribution is 2.25. The molecule has 2 aromatic carbocycles. The maximum absolute atomic E-state index is 5.95. The first-order valence-electron chi connectivity index (χ1n) is 5.96. The molecule has 0 aliphatic heterocycles. The fourth-order valence-electron chi connectivity index (χ4n) is 1.81. The number of hydrogen-bond acceptors (Lipinski definition) is 2. The molecule has 2 aromatic rings. The average Bonchev–Trinajstić information content (AvgIpc) is 2.38. The van der Waals surface area contributed by atoms with E-state index in [4.69, 9.17) is 10.5 Å². The summed E-state index contributed by atoms with van der Waals surface area (Å²) in [6, 6.07) is 13.9. The fourth-order valence-corrected chi connectivity index (χ4v) is 2.31. The number of benzene rings is 2. The molecule has 0 aliphatic carbocycles. The van der Waals surface area contributed by atoms with E-state index in [1.165, 1.54) is 5.56 Å². The molecule has 2 rings (SSSR count). The Bertz CT molecular complexity index is 520. The molecule has 0 saturated heterocycles. The van der Waals surface area contributed by atoms with Crippen LogP contribution in [0.15, 0.2) is 46.9 Å². The van der Waals surface area contributed by atoms with Crippen molar-refractivity contribution in [2.75, 3.05) is 5.73 Å². The van der Waals surface area contributed by atoms with Gasteiger partial charge in [-0.2, -0.15) is 0 Å². The zero-order valence-corrected chi connectivity index (χ0v) is 11.9. The third-order valence-electron chi connectivity index (χ3n) is 2.88. The smallest absolute Gasteiger partial charge is 0.122 e. The summed E-state index contributed by atoms with van der Waals surface area (Å²) in [5.74, 6) is 0.926. The van der Waals surface area contributed by atoms with Crippen LogP contribution in [-0.2, 0) is 13.0 Å². The number of ether oxygens (including phenoxy) is 1. The molecule has 0 heterocycles. The van der Waals surface area contributed by atoms with Crippen LogP contribution < -0.4 is 10.5 Å². The van der Waals surface area contributed by atoms with Crippen molar-refractivity contribution in [3.8, 4) is 5.75 Å². The van der Waals surface area contributed by atoms with Gasteiger partial charge in [0.25, 0.3) is 0 Å². The monoisotopic (exact) mass is 305 g/mol. The fraction of sp³-hybridized carbons (Fsp3) is 0.200. The second-order valence-corrected chi connectivity index (χ2v) is 4.91. The van der Waals surface area contributed by atoms with Gasteiger partial charge < -0.3 is 10.5 Å². The van der Waals surface area contributed by atoms with Crippen LogP contribution in [0.25, 0.3) is 0 Å². The number of para-hydroxylation sites is 1. The number of halogens is 1. The molecule has 3 heteroatoms. The second-order valence-electron chi connectivity index (χ2n) is 4.06. The summed E-state index contributed by atoms with van der Waals surface area (Å²) in [4.78, 5) is 0. The van der Waals surface area contributed by atoms with Gasteiger partial charge in [-0.1, -0.05) is 47.1 Å². The largest absolute Gasteiger partial charge is 0.489 e. The first kappa shape index (κ1) is 13.0. The Hall–Kier alpha value is -1.48. The van der Waals surface area contributed by atoms with E-state index < -0.39 is 0 Å². The van der Waals surface area contributed by atoms with Crippen molar-refractivity contribution in [2.24, 2.45) is 0 Å². The van der Waals surface area contributed by atoms with Crippen LogP contribution in [0.3, 0.4) is 0 Å². The summed E-state index contributed by atoms with van der Waals surface area (Å²) in [5, 5.41) is 0. The molecule has 2 N–H and O–H groups in total. The Morgan fingerprint density at radius 3 is 2.61 bits per heavy atom. The van der Waals surface area contributed by atoms with Crippen molar-refractivity contribution >= 4 is 21.6 Å². The number of rotatable bonds is 4.